The third-order valence-corrected chi connectivity index (χ3v) is 3.39. The molecule has 1 heterocycles. The lowest BCUT2D eigenvalue weighted by atomic mass is 10.1. The maximum absolute atomic E-state index is 8.96. The summed E-state index contributed by atoms with van der Waals surface area (Å²) in [6, 6.07) is 7.49. The van der Waals surface area contributed by atoms with Gasteiger partial charge >= 0.3 is 0 Å². The van der Waals surface area contributed by atoms with Gasteiger partial charge in [0.15, 0.2) is 0 Å². The first-order chi connectivity index (χ1) is 10.1. The molecule has 0 aliphatic rings. The minimum atomic E-state index is 0.133. The van der Waals surface area contributed by atoms with E-state index in [0.717, 1.165) is 23.6 Å². The molecule has 0 saturated carbocycles. The molecule has 0 saturated heterocycles. The number of nitrogens with one attached hydrogen (secondary N) is 1. The van der Waals surface area contributed by atoms with Crippen LogP contribution in [0, 0.1) is 18.3 Å². The standard InChI is InChI=1S/C15H19N5O/c1-5-17-10(2)15-11(3)20(19-18-15)13-7-6-12(9-16)8-14(13)21-4/h6-8,10,17H,5H2,1-4H3. The maximum atomic E-state index is 8.96. The molecular weight excluding hydrogens is 266 g/mol. The number of ether oxygens (including phenoxy) is 1. The van der Waals surface area contributed by atoms with Crippen LogP contribution in [0.25, 0.3) is 5.69 Å². The van der Waals surface area contributed by atoms with E-state index in [2.05, 4.69) is 35.5 Å². The molecule has 1 unspecified atom stereocenters. The van der Waals surface area contributed by atoms with E-state index in [1.807, 2.05) is 13.0 Å². The average molecular weight is 285 g/mol. The first kappa shape index (κ1) is 15.0. The van der Waals surface area contributed by atoms with E-state index in [-0.39, 0.29) is 6.04 Å². The average Bonchev–Trinajstić information content (AvgIpc) is 2.88. The lowest BCUT2D eigenvalue weighted by molar-refractivity contribution is 0.411. The fourth-order valence-electron chi connectivity index (χ4n) is 2.29. The highest BCUT2D eigenvalue weighted by atomic mass is 16.5. The zero-order valence-electron chi connectivity index (χ0n) is 12.7. The van der Waals surface area contributed by atoms with E-state index in [0.29, 0.717) is 11.3 Å². The summed E-state index contributed by atoms with van der Waals surface area (Å²) in [7, 11) is 1.58. The summed E-state index contributed by atoms with van der Waals surface area (Å²) in [5.41, 5.74) is 3.18. The van der Waals surface area contributed by atoms with Gasteiger partial charge < -0.3 is 10.1 Å². The molecule has 0 spiro atoms. The monoisotopic (exact) mass is 285 g/mol. The summed E-state index contributed by atoms with van der Waals surface area (Å²) < 4.78 is 7.10. The molecule has 0 fully saturated rings. The number of hydrogen-bond acceptors (Lipinski definition) is 5. The molecule has 2 aromatic rings. The Morgan fingerprint density at radius 2 is 2.24 bits per heavy atom. The molecule has 0 radical (unpaired) electrons. The first-order valence-corrected chi connectivity index (χ1v) is 6.86. The molecule has 1 atom stereocenters. The second-order valence-corrected chi connectivity index (χ2v) is 4.75. The van der Waals surface area contributed by atoms with Crippen LogP contribution in [-0.4, -0.2) is 28.6 Å². The summed E-state index contributed by atoms with van der Waals surface area (Å²) in [6.45, 7) is 6.95. The maximum Gasteiger partial charge on any atom is 0.145 e. The van der Waals surface area contributed by atoms with Crippen LogP contribution < -0.4 is 10.1 Å². The molecular formula is C15H19N5O. The largest absolute Gasteiger partial charge is 0.494 e. The summed E-state index contributed by atoms with van der Waals surface area (Å²) >= 11 is 0. The van der Waals surface area contributed by atoms with E-state index in [1.165, 1.54) is 0 Å². The van der Waals surface area contributed by atoms with Gasteiger partial charge in [-0.25, -0.2) is 4.68 Å². The Morgan fingerprint density at radius 1 is 1.48 bits per heavy atom. The number of benzene rings is 1. The van der Waals surface area contributed by atoms with Crippen LogP contribution in [0.1, 0.15) is 36.8 Å². The first-order valence-electron chi connectivity index (χ1n) is 6.86. The van der Waals surface area contributed by atoms with Crippen molar-refractivity contribution in [1.82, 2.24) is 20.3 Å². The number of rotatable bonds is 5. The smallest absolute Gasteiger partial charge is 0.145 e. The minimum Gasteiger partial charge on any atom is -0.494 e. The normalized spacial score (nSPS) is 12.0. The van der Waals surface area contributed by atoms with Crippen LogP contribution in [0.4, 0.5) is 0 Å². The Morgan fingerprint density at radius 3 is 2.86 bits per heavy atom. The fraction of sp³-hybridized carbons (Fsp3) is 0.400. The van der Waals surface area contributed by atoms with Gasteiger partial charge in [-0.3, -0.25) is 0 Å². The lowest BCUT2D eigenvalue weighted by Crippen LogP contribution is -2.19. The van der Waals surface area contributed by atoms with Crippen molar-refractivity contribution in [3.05, 3.63) is 35.2 Å². The van der Waals surface area contributed by atoms with Crippen LogP contribution in [0.5, 0.6) is 5.75 Å². The predicted molar refractivity (Wildman–Crippen MR) is 79.5 cm³/mol. The Balaban J connectivity index is 2.46. The number of nitrogens with zero attached hydrogens (tertiary/aromatic N) is 4. The highest BCUT2D eigenvalue weighted by molar-refractivity contribution is 5.52. The highest BCUT2D eigenvalue weighted by Crippen LogP contribution is 2.26. The van der Waals surface area contributed by atoms with E-state index in [9.17, 15) is 0 Å². The third kappa shape index (κ3) is 2.88. The molecule has 1 aromatic carbocycles. The van der Waals surface area contributed by atoms with Gasteiger partial charge in [0.05, 0.1) is 30.5 Å². The molecule has 0 aliphatic carbocycles. The SMILES string of the molecule is CCNC(C)c1nnn(-c2ccc(C#N)cc2OC)c1C. The Labute approximate surface area is 124 Å². The number of nitriles is 1. The Bertz CT molecular complexity index is 671. The number of methoxy groups -OCH3 is 1. The molecule has 1 N–H and O–H groups in total. The third-order valence-electron chi connectivity index (χ3n) is 3.39. The Kier molecular flexibility index (Phi) is 4.55. The molecule has 6 heteroatoms. The molecule has 6 nitrogen and oxygen atoms in total. The van der Waals surface area contributed by atoms with Gasteiger partial charge in [0, 0.05) is 6.07 Å². The van der Waals surface area contributed by atoms with Gasteiger partial charge in [-0.05, 0) is 32.5 Å². The minimum absolute atomic E-state index is 0.133. The second-order valence-electron chi connectivity index (χ2n) is 4.75. The zero-order valence-corrected chi connectivity index (χ0v) is 12.7. The van der Waals surface area contributed by atoms with Crippen molar-refractivity contribution in [3.63, 3.8) is 0 Å². The molecule has 2 rings (SSSR count). The highest BCUT2D eigenvalue weighted by Gasteiger charge is 2.17. The van der Waals surface area contributed by atoms with Crippen LogP contribution in [0.3, 0.4) is 0 Å². The predicted octanol–water partition coefficient (Wildman–Crippen LogP) is 2.13. The quantitative estimate of drug-likeness (QED) is 0.910. The van der Waals surface area contributed by atoms with Gasteiger partial charge in [-0.2, -0.15) is 5.26 Å². The zero-order chi connectivity index (χ0) is 15.4. The summed E-state index contributed by atoms with van der Waals surface area (Å²) in [4.78, 5) is 0. The van der Waals surface area contributed by atoms with E-state index >= 15 is 0 Å². The van der Waals surface area contributed by atoms with E-state index < -0.39 is 0 Å². The van der Waals surface area contributed by atoms with Gasteiger partial charge in [0.2, 0.25) is 0 Å². The van der Waals surface area contributed by atoms with Crippen LogP contribution in [0.15, 0.2) is 18.2 Å². The van der Waals surface area contributed by atoms with Crippen molar-refractivity contribution in [1.29, 1.82) is 5.26 Å². The van der Waals surface area contributed by atoms with Crippen LogP contribution in [0.2, 0.25) is 0 Å². The van der Waals surface area contributed by atoms with E-state index in [4.69, 9.17) is 10.00 Å². The number of aromatic nitrogens is 3. The molecule has 0 aliphatic heterocycles. The number of hydrogen-bond donors (Lipinski definition) is 1. The van der Waals surface area contributed by atoms with Gasteiger partial charge in [0.1, 0.15) is 17.1 Å². The molecule has 1 aromatic heterocycles. The van der Waals surface area contributed by atoms with E-state index in [1.54, 1.807) is 23.9 Å². The van der Waals surface area contributed by atoms with Crippen LogP contribution in [-0.2, 0) is 0 Å². The molecule has 110 valence electrons. The van der Waals surface area contributed by atoms with Crippen molar-refractivity contribution < 1.29 is 4.74 Å². The lowest BCUT2D eigenvalue weighted by Gasteiger charge is -2.12. The van der Waals surface area contributed by atoms with Gasteiger partial charge in [0.25, 0.3) is 0 Å². The summed E-state index contributed by atoms with van der Waals surface area (Å²) in [5.74, 6) is 0.602. The van der Waals surface area contributed by atoms with Crippen LogP contribution >= 0.6 is 0 Å². The van der Waals surface area contributed by atoms with Gasteiger partial charge in [-0.15, -0.1) is 5.10 Å². The second kappa shape index (κ2) is 6.37. The molecule has 0 bridgehead atoms. The summed E-state index contributed by atoms with van der Waals surface area (Å²) in [5, 5.41) is 20.8. The van der Waals surface area contributed by atoms with Crippen molar-refractivity contribution in [2.75, 3.05) is 13.7 Å². The summed E-state index contributed by atoms with van der Waals surface area (Å²) in [6.07, 6.45) is 0. The topological polar surface area (TPSA) is 75.8 Å². The molecule has 0 amide bonds. The fourth-order valence-corrected chi connectivity index (χ4v) is 2.29. The van der Waals surface area contributed by atoms with Gasteiger partial charge in [-0.1, -0.05) is 12.1 Å². The van der Waals surface area contributed by atoms with Crippen molar-refractivity contribution >= 4 is 0 Å². The molecule has 21 heavy (non-hydrogen) atoms. The Hall–Kier alpha value is -2.39. The van der Waals surface area contributed by atoms with Crippen molar-refractivity contribution in [2.24, 2.45) is 0 Å². The van der Waals surface area contributed by atoms with Crippen molar-refractivity contribution in [3.8, 4) is 17.5 Å². The van der Waals surface area contributed by atoms with Crippen molar-refractivity contribution in [2.45, 2.75) is 26.8 Å².